The van der Waals surface area contributed by atoms with Crippen LogP contribution >= 0.6 is 0 Å². The molecule has 0 radical (unpaired) electrons. The fourth-order valence-electron chi connectivity index (χ4n) is 3.73. The molecule has 0 saturated heterocycles. The molecule has 6 nitrogen and oxygen atoms in total. The van der Waals surface area contributed by atoms with Gasteiger partial charge in [-0.15, -0.1) is 0 Å². The van der Waals surface area contributed by atoms with Crippen LogP contribution in [0.1, 0.15) is 44.8 Å². The van der Waals surface area contributed by atoms with Crippen molar-refractivity contribution in [2.24, 2.45) is 0 Å². The van der Waals surface area contributed by atoms with Gasteiger partial charge in [0.25, 0.3) is 17.7 Å². The van der Waals surface area contributed by atoms with E-state index in [1.165, 1.54) is 6.92 Å². The van der Waals surface area contributed by atoms with Crippen LogP contribution in [0.3, 0.4) is 0 Å². The lowest BCUT2D eigenvalue weighted by Gasteiger charge is -2.31. The van der Waals surface area contributed by atoms with Crippen molar-refractivity contribution in [3.8, 4) is 0 Å². The van der Waals surface area contributed by atoms with Crippen molar-refractivity contribution in [2.45, 2.75) is 19.0 Å². The Morgan fingerprint density at radius 1 is 0.767 bits per heavy atom. The van der Waals surface area contributed by atoms with E-state index in [-0.39, 0.29) is 11.1 Å². The molecule has 0 aliphatic carbocycles. The van der Waals surface area contributed by atoms with Crippen molar-refractivity contribution in [1.82, 2.24) is 9.96 Å². The van der Waals surface area contributed by atoms with E-state index in [1.807, 2.05) is 36.4 Å². The van der Waals surface area contributed by atoms with Crippen LogP contribution in [0.25, 0.3) is 0 Å². The maximum atomic E-state index is 13.2. The lowest BCUT2D eigenvalue weighted by atomic mass is 9.98. The fourth-order valence-corrected chi connectivity index (χ4v) is 3.73. The predicted molar refractivity (Wildman–Crippen MR) is 110 cm³/mol. The van der Waals surface area contributed by atoms with Crippen molar-refractivity contribution >= 4 is 17.7 Å². The van der Waals surface area contributed by atoms with Gasteiger partial charge in [-0.05, 0) is 30.2 Å². The highest BCUT2D eigenvalue weighted by molar-refractivity contribution is 6.22. The minimum absolute atomic E-state index is 0.259. The second-order valence-corrected chi connectivity index (χ2v) is 7.11. The Morgan fingerprint density at radius 2 is 1.17 bits per heavy atom. The molecule has 0 aromatic heterocycles. The fraction of sp³-hybridized carbons (Fsp3) is 0.125. The predicted octanol–water partition coefficient (Wildman–Crippen LogP) is 3.68. The third-order valence-electron chi connectivity index (χ3n) is 5.27. The minimum atomic E-state index is -1.17. The van der Waals surface area contributed by atoms with E-state index in [4.69, 9.17) is 0 Å². The highest BCUT2D eigenvalue weighted by atomic mass is 16.5. The first-order chi connectivity index (χ1) is 14.5. The van der Waals surface area contributed by atoms with E-state index in [1.54, 1.807) is 48.5 Å². The Bertz CT molecular complexity index is 1020. The van der Waals surface area contributed by atoms with Gasteiger partial charge >= 0.3 is 0 Å². The molecule has 1 heterocycles. The average molecular weight is 400 g/mol. The number of amides is 3. The molecule has 0 spiro atoms. The van der Waals surface area contributed by atoms with E-state index in [9.17, 15) is 19.6 Å². The van der Waals surface area contributed by atoms with Gasteiger partial charge in [-0.1, -0.05) is 72.8 Å². The number of carbonyl (C=O) groups is 3. The zero-order chi connectivity index (χ0) is 21.3. The monoisotopic (exact) mass is 400 g/mol. The second kappa shape index (κ2) is 7.93. The van der Waals surface area contributed by atoms with Crippen molar-refractivity contribution in [2.75, 3.05) is 0 Å². The largest absolute Gasteiger partial charge is 0.285 e. The summed E-state index contributed by atoms with van der Waals surface area (Å²) in [7, 11) is 0. The molecule has 1 aliphatic rings. The molecular formula is C24H20N2O4. The van der Waals surface area contributed by atoms with E-state index in [0.29, 0.717) is 16.2 Å². The van der Waals surface area contributed by atoms with E-state index >= 15 is 0 Å². The molecule has 1 aliphatic heterocycles. The van der Waals surface area contributed by atoms with Gasteiger partial charge in [0, 0.05) is 0 Å². The third-order valence-corrected chi connectivity index (χ3v) is 5.27. The minimum Gasteiger partial charge on any atom is -0.285 e. The molecule has 3 aromatic carbocycles. The zero-order valence-electron chi connectivity index (χ0n) is 16.3. The molecule has 0 unspecified atom stereocenters. The first kappa shape index (κ1) is 19.5. The summed E-state index contributed by atoms with van der Waals surface area (Å²) >= 11 is 0. The number of hydrogen-bond acceptors (Lipinski definition) is 4. The number of fused-ring (bicyclic) bond motifs is 1. The topological polar surface area (TPSA) is 77.9 Å². The standard InChI is InChI=1S/C24H20N2O4/c1-16(25-23(28)19-14-8-9-15-20(19)24(25)29)22(27)26(30)21(17-10-4-2-5-11-17)18-12-6-3-7-13-18/h2-16,21,30H,1H3/t16-/m0/s1. The molecule has 3 aromatic rings. The van der Waals surface area contributed by atoms with Gasteiger partial charge in [0.1, 0.15) is 12.1 Å². The van der Waals surface area contributed by atoms with Crippen molar-refractivity contribution in [3.63, 3.8) is 0 Å². The molecule has 150 valence electrons. The summed E-state index contributed by atoms with van der Waals surface area (Å²) < 4.78 is 0. The highest BCUT2D eigenvalue weighted by Crippen LogP contribution is 2.30. The Morgan fingerprint density at radius 3 is 1.60 bits per heavy atom. The molecule has 0 bridgehead atoms. The molecule has 0 saturated carbocycles. The lowest BCUT2D eigenvalue weighted by Crippen LogP contribution is -2.49. The first-order valence-electron chi connectivity index (χ1n) is 9.59. The average Bonchev–Trinajstić information content (AvgIpc) is 3.04. The summed E-state index contributed by atoms with van der Waals surface area (Å²) in [6.45, 7) is 1.44. The Labute approximate surface area is 173 Å². The number of hydroxylamine groups is 2. The molecule has 1 N–H and O–H groups in total. The van der Waals surface area contributed by atoms with E-state index < -0.39 is 29.8 Å². The molecule has 6 heteroatoms. The van der Waals surface area contributed by atoms with Crippen LogP contribution in [0.5, 0.6) is 0 Å². The number of imide groups is 1. The van der Waals surface area contributed by atoms with Gasteiger partial charge in [-0.2, -0.15) is 0 Å². The molecule has 30 heavy (non-hydrogen) atoms. The SMILES string of the molecule is C[C@@H](C(=O)N(O)C(c1ccccc1)c1ccccc1)N1C(=O)c2ccccc2C1=O. The van der Waals surface area contributed by atoms with Crippen molar-refractivity contribution in [1.29, 1.82) is 0 Å². The Kier molecular flexibility index (Phi) is 5.16. The summed E-state index contributed by atoms with van der Waals surface area (Å²) in [5, 5.41) is 11.5. The first-order valence-corrected chi connectivity index (χ1v) is 9.59. The number of hydrogen-bond donors (Lipinski definition) is 1. The summed E-state index contributed by atoms with van der Waals surface area (Å²) in [6.07, 6.45) is 0. The van der Waals surface area contributed by atoms with Gasteiger partial charge in [0.2, 0.25) is 0 Å². The Balaban J connectivity index is 1.66. The highest BCUT2D eigenvalue weighted by Gasteiger charge is 2.42. The lowest BCUT2D eigenvalue weighted by molar-refractivity contribution is -0.177. The van der Waals surface area contributed by atoms with Crippen LogP contribution in [0.15, 0.2) is 84.9 Å². The van der Waals surface area contributed by atoms with Crippen molar-refractivity contribution in [3.05, 3.63) is 107 Å². The van der Waals surface area contributed by atoms with Gasteiger partial charge < -0.3 is 0 Å². The molecule has 1 atom stereocenters. The van der Waals surface area contributed by atoms with Gasteiger partial charge in [-0.25, -0.2) is 5.06 Å². The van der Waals surface area contributed by atoms with Crippen LogP contribution in [-0.4, -0.2) is 38.9 Å². The summed E-state index contributed by atoms with van der Waals surface area (Å²) in [5.41, 5.74) is 1.92. The Hall–Kier alpha value is -3.77. The van der Waals surface area contributed by atoms with Crippen LogP contribution in [0, 0.1) is 0 Å². The molecular weight excluding hydrogens is 380 g/mol. The normalized spacial score (nSPS) is 14.0. The van der Waals surface area contributed by atoms with Crippen LogP contribution in [-0.2, 0) is 4.79 Å². The number of carbonyl (C=O) groups excluding carboxylic acids is 3. The third kappa shape index (κ3) is 3.27. The summed E-state index contributed by atoms with van der Waals surface area (Å²) in [6, 6.07) is 22.7. The smallest absolute Gasteiger partial charge is 0.269 e. The van der Waals surface area contributed by atoms with Crippen molar-refractivity contribution < 1.29 is 19.6 Å². The molecule has 0 fully saturated rings. The number of nitrogens with zero attached hydrogens (tertiary/aromatic N) is 2. The van der Waals surface area contributed by atoms with E-state index in [0.717, 1.165) is 4.90 Å². The van der Waals surface area contributed by atoms with Gasteiger partial charge in [-0.3, -0.25) is 24.5 Å². The maximum absolute atomic E-state index is 13.2. The number of benzene rings is 3. The summed E-state index contributed by atoms with van der Waals surface area (Å²) in [4.78, 5) is 39.6. The maximum Gasteiger partial charge on any atom is 0.269 e. The van der Waals surface area contributed by atoms with Gasteiger partial charge in [0.15, 0.2) is 0 Å². The summed E-state index contributed by atoms with van der Waals surface area (Å²) in [5.74, 6) is -1.83. The van der Waals surface area contributed by atoms with Crippen LogP contribution in [0.2, 0.25) is 0 Å². The van der Waals surface area contributed by atoms with E-state index in [2.05, 4.69) is 0 Å². The van der Waals surface area contributed by atoms with Crippen LogP contribution < -0.4 is 0 Å². The number of rotatable bonds is 5. The van der Waals surface area contributed by atoms with Gasteiger partial charge in [0.05, 0.1) is 11.1 Å². The van der Waals surface area contributed by atoms with Crippen LogP contribution in [0.4, 0.5) is 0 Å². The molecule has 4 rings (SSSR count). The second-order valence-electron chi connectivity index (χ2n) is 7.11. The molecule has 3 amide bonds. The quantitative estimate of drug-likeness (QED) is 0.403. The zero-order valence-corrected chi connectivity index (χ0v) is 16.3.